The Morgan fingerprint density at radius 3 is 1.76 bits per heavy atom. The zero-order chi connectivity index (χ0) is 15.8. The highest BCUT2D eigenvalue weighted by Gasteiger charge is 2.02. The number of hydrogen-bond acceptors (Lipinski definition) is 2. The lowest BCUT2D eigenvalue weighted by molar-refractivity contribution is -0.138. The molecule has 0 atom stereocenters. The molecule has 0 aromatic rings. The lowest BCUT2D eigenvalue weighted by atomic mass is 10.0. The number of carbonyl (C=O) groups excluding carboxylic acids is 1. The van der Waals surface area contributed by atoms with Crippen LogP contribution in [0.5, 0.6) is 0 Å². The van der Waals surface area contributed by atoms with E-state index in [-0.39, 0.29) is 5.97 Å². The number of unbranched alkanes of at least 4 members (excludes halogenated alkanes) is 11. The first kappa shape index (κ1) is 20.2. The maximum Gasteiger partial charge on any atom is 0.333 e. The molecule has 0 aromatic heterocycles. The Morgan fingerprint density at radius 1 is 0.810 bits per heavy atom. The van der Waals surface area contributed by atoms with E-state index in [0.29, 0.717) is 6.61 Å². The molecular weight excluding hydrogens is 260 g/mol. The minimum absolute atomic E-state index is 0.166. The van der Waals surface area contributed by atoms with Gasteiger partial charge in [0, 0.05) is 5.57 Å². The maximum atomic E-state index is 11.4. The molecule has 0 aliphatic heterocycles. The molecular formula is C19H36O2. The second kappa shape index (κ2) is 15.6. The van der Waals surface area contributed by atoms with Crippen molar-refractivity contribution in [1.82, 2.24) is 0 Å². The highest BCUT2D eigenvalue weighted by atomic mass is 16.5. The monoisotopic (exact) mass is 296 g/mol. The van der Waals surface area contributed by atoms with E-state index in [1.54, 1.807) is 0 Å². The van der Waals surface area contributed by atoms with Crippen molar-refractivity contribution < 1.29 is 9.53 Å². The quantitative estimate of drug-likeness (QED) is 0.217. The van der Waals surface area contributed by atoms with E-state index < -0.39 is 0 Å². The number of ether oxygens (including phenoxy) is 1. The van der Waals surface area contributed by atoms with Crippen molar-refractivity contribution in [2.24, 2.45) is 0 Å². The standard InChI is InChI=1S/C19H36O2/c1-4-6-7-8-9-10-11-12-13-14-15-16-17-18(3)19(20)21-5-2/h17H,4-16H2,1-3H3/b18-17+. The molecule has 0 amide bonds. The van der Waals surface area contributed by atoms with E-state index in [1.807, 2.05) is 19.9 Å². The van der Waals surface area contributed by atoms with Gasteiger partial charge >= 0.3 is 5.97 Å². The van der Waals surface area contributed by atoms with Gasteiger partial charge in [-0.25, -0.2) is 4.79 Å². The Morgan fingerprint density at radius 2 is 1.29 bits per heavy atom. The van der Waals surface area contributed by atoms with Crippen LogP contribution in [-0.2, 0) is 9.53 Å². The molecule has 2 nitrogen and oxygen atoms in total. The molecule has 0 N–H and O–H groups in total. The number of esters is 1. The largest absolute Gasteiger partial charge is 0.463 e. The first-order valence-corrected chi connectivity index (χ1v) is 9.06. The summed E-state index contributed by atoms with van der Waals surface area (Å²) in [6, 6.07) is 0. The Labute approximate surface area is 132 Å². The second-order valence-electron chi connectivity index (χ2n) is 5.93. The Kier molecular flexibility index (Phi) is 15.0. The molecule has 0 bridgehead atoms. The van der Waals surface area contributed by atoms with E-state index in [1.165, 1.54) is 70.6 Å². The molecule has 0 fully saturated rings. The third-order valence-corrected chi connectivity index (χ3v) is 3.86. The molecule has 0 unspecified atom stereocenters. The van der Waals surface area contributed by atoms with Crippen LogP contribution >= 0.6 is 0 Å². The van der Waals surface area contributed by atoms with Gasteiger partial charge in [-0.05, 0) is 26.7 Å². The van der Waals surface area contributed by atoms with Crippen LogP contribution in [0.4, 0.5) is 0 Å². The molecule has 0 saturated carbocycles. The molecule has 0 radical (unpaired) electrons. The lowest BCUT2D eigenvalue weighted by Crippen LogP contribution is -2.04. The molecule has 2 heteroatoms. The summed E-state index contributed by atoms with van der Waals surface area (Å²) in [6.45, 7) is 6.41. The van der Waals surface area contributed by atoms with E-state index in [9.17, 15) is 4.79 Å². The summed E-state index contributed by atoms with van der Waals surface area (Å²) < 4.78 is 4.95. The summed E-state index contributed by atoms with van der Waals surface area (Å²) in [7, 11) is 0. The van der Waals surface area contributed by atoms with E-state index >= 15 is 0 Å². The molecule has 0 heterocycles. The average Bonchev–Trinajstić information content (AvgIpc) is 2.48. The van der Waals surface area contributed by atoms with Crippen LogP contribution in [0.1, 0.15) is 97.8 Å². The van der Waals surface area contributed by atoms with Gasteiger partial charge in [0.25, 0.3) is 0 Å². The van der Waals surface area contributed by atoms with Gasteiger partial charge in [0.15, 0.2) is 0 Å². The van der Waals surface area contributed by atoms with Gasteiger partial charge in [0.1, 0.15) is 0 Å². The van der Waals surface area contributed by atoms with Crippen molar-refractivity contribution in [2.45, 2.75) is 97.8 Å². The van der Waals surface area contributed by atoms with E-state index in [4.69, 9.17) is 4.74 Å². The Balaban J connectivity index is 3.29. The lowest BCUT2D eigenvalue weighted by Gasteiger charge is -2.03. The predicted molar refractivity (Wildman–Crippen MR) is 91.5 cm³/mol. The van der Waals surface area contributed by atoms with Gasteiger partial charge in [0.2, 0.25) is 0 Å². The molecule has 0 aromatic carbocycles. The van der Waals surface area contributed by atoms with Gasteiger partial charge in [-0.1, -0.05) is 77.2 Å². The summed E-state index contributed by atoms with van der Waals surface area (Å²) in [4.78, 5) is 11.4. The van der Waals surface area contributed by atoms with Gasteiger partial charge in [-0.15, -0.1) is 0 Å². The molecule has 0 saturated heterocycles. The fourth-order valence-corrected chi connectivity index (χ4v) is 2.46. The Hall–Kier alpha value is -0.790. The summed E-state index contributed by atoms with van der Waals surface area (Å²) in [6.07, 6.45) is 18.0. The molecule has 124 valence electrons. The number of carbonyl (C=O) groups is 1. The fraction of sp³-hybridized carbons (Fsp3) is 0.842. The highest BCUT2D eigenvalue weighted by Crippen LogP contribution is 2.12. The highest BCUT2D eigenvalue weighted by molar-refractivity contribution is 5.87. The van der Waals surface area contributed by atoms with E-state index in [2.05, 4.69) is 6.92 Å². The zero-order valence-corrected chi connectivity index (χ0v) is 14.6. The van der Waals surface area contributed by atoms with Crippen molar-refractivity contribution in [3.63, 3.8) is 0 Å². The maximum absolute atomic E-state index is 11.4. The van der Waals surface area contributed by atoms with Gasteiger partial charge < -0.3 is 4.74 Å². The van der Waals surface area contributed by atoms with Gasteiger partial charge in [0.05, 0.1) is 6.61 Å². The van der Waals surface area contributed by atoms with Crippen molar-refractivity contribution >= 4 is 5.97 Å². The van der Waals surface area contributed by atoms with Crippen LogP contribution in [0.25, 0.3) is 0 Å². The van der Waals surface area contributed by atoms with Crippen molar-refractivity contribution in [3.8, 4) is 0 Å². The van der Waals surface area contributed by atoms with Crippen molar-refractivity contribution in [1.29, 1.82) is 0 Å². The minimum atomic E-state index is -0.166. The molecule has 0 aliphatic rings. The van der Waals surface area contributed by atoms with Crippen LogP contribution in [0.15, 0.2) is 11.6 Å². The van der Waals surface area contributed by atoms with Crippen molar-refractivity contribution in [3.05, 3.63) is 11.6 Å². The molecule has 21 heavy (non-hydrogen) atoms. The van der Waals surface area contributed by atoms with E-state index in [0.717, 1.165) is 12.0 Å². The average molecular weight is 296 g/mol. The van der Waals surface area contributed by atoms with Crippen LogP contribution in [0.3, 0.4) is 0 Å². The summed E-state index contributed by atoms with van der Waals surface area (Å²) in [5.74, 6) is -0.166. The first-order chi connectivity index (χ1) is 10.2. The van der Waals surface area contributed by atoms with Gasteiger partial charge in [-0.3, -0.25) is 0 Å². The Bertz CT molecular complexity index is 269. The van der Waals surface area contributed by atoms with Crippen LogP contribution < -0.4 is 0 Å². The van der Waals surface area contributed by atoms with Crippen LogP contribution in [0, 0.1) is 0 Å². The third kappa shape index (κ3) is 13.9. The van der Waals surface area contributed by atoms with Crippen LogP contribution in [-0.4, -0.2) is 12.6 Å². The SMILES string of the molecule is CCCCCCCCCCCCC/C=C(\C)C(=O)OCC. The zero-order valence-electron chi connectivity index (χ0n) is 14.6. The number of allylic oxidation sites excluding steroid dienone is 1. The number of rotatable bonds is 14. The normalized spacial score (nSPS) is 11.7. The minimum Gasteiger partial charge on any atom is -0.463 e. The third-order valence-electron chi connectivity index (χ3n) is 3.86. The first-order valence-electron chi connectivity index (χ1n) is 9.06. The van der Waals surface area contributed by atoms with Crippen LogP contribution in [0.2, 0.25) is 0 Å². The van der Waals surface area contributed by atoms with Crippen molar-refractivity contribution in [2.75, 3.05) is 6.61 Å². The predicted octanol–water partition coefficient (Wildman–Crippen LogP) is 6.20. The summed E-state index contributed by atoms with van der Waals surface area (Å²) >= 11 is 0. The molecule has 0 spiro atoms. The molecule has 0 aliphatic carbocycles. The summed E-state index contributed by atoms with van der Waals surface area (Å²) in [5, 5.41) is 0. The smallest absolute Gasteiger partial charge is 0.333 e. The van der Waals surface area contributed by atoms with Gasteiger partial charge in [-0.2, -0.15) is 0 Å². The number of hydrogen-bond donors (Lipinski definition) is 0. The topological polar surface area (TPSA) is 26.3 Å². The molecule has 0 rings (SSSR count). The summed E-state index contributed by atoms with van der Waals surface area (Å²) in [5.41, 5.74) is 0.754. The fourth-order valence-electron chi connectivity index (χ4n) is 2.46. The second-order valence-corrected chi connectivity index (χ2v) is 5.93.